The zero-order chi connectivity index (χ0) is 20.0. The first-order chi connectivity index (χ1) is 12.9. The third kappa shape index (κ3) is 4.24. The molecule has 0 spiro atoms. The molecule has 140 valence electrons. The van der Waals surface area contributed by atoms with E-state index in [-0.39, 0.29) is 29.1 Å². The van der Waals surface area contributed by atoms with Crippen molar-refractivity contribution in [3.05, 3.63) is 45.2 Å². The number of nitrogens with one attached hydrogen (secondary N) is 1. The average molecular weight is 372 g/mol. The number of nitrogens with zero attached hydrogens (tertiary/aromatic N) is 2. The number of pyridine rings is 1. The van der Waals surface area contributed by atoms with Crippen LogP contribution in [0.5, 0.6) is 5.75 Å². The molecule has 2 rings (SSSR count). The van der Waals surface area contributed by atoms with Gasteiger partial charge in [-0.25, -0.2) is 8.78 Å². The van der Waals surface area contributed by atoms with Crippen molar-refractivity contribution < 1.29 is 13.5 Å². The summed E-state index contributed by atoms with van der Waals surface area (Å²) in [7, 11) is 0. The van der Waals surface area contributed by atoms with E-state index in [1.54, 1.807) is 12.1 Å². The molecule has 0 saturated heterocycles. The average Bonchev–Trinajstić information content (AvgIpc) is 2.62. The lowest BCUT2D eigenvalue weighted by atomic mass is 9.96. The van der Waals surface area contributed by atoms with Crippen molar-refractivity contribution in [1.82, 2.24) is 4.98 Å². The number of rotatable bonds is 7. The Morgan fingerprint density at radius 1 is 1.11 bits per heavy atom. The quantitative estimate of drug-likeness (QED) is 0.720. The van der Waals surface area contributed by atoms with Gasteiger partial charge in [0, 0.05) is 5.56 Å². The molecule has 0 amide bonds. The van der Waals surface area contributed by atoms with Gasteiger partial charge in [0.2, 0.25) is 0 Å². The first-order valence-corrected chi connectivity index (χ1v) is 8.42. The molecule has 1 aromatic carbocycles. The summed E-state index contributed by atoms with van der Waals surface area (Å²) in [6.07, 6.45) is 3.58. The summed E-state index contributed by atoms with van der Waals surface area (Å²) < 4.78 is 34.0. The van der Waals surface area contributed by atoms with Crippen LogP contribution >= 0.6 is 0 Å². The van der Waals surface area contributed by atoms with Gasteiger partial charge in [-0.05, 0) is 24.1 Å². The molecule has 1 heterocycles. The van der Waals surface area contributed by atoms with Crippen LogP contribution in [0.25, 0.3) is 11.1 Å². The van der Waals surface area contributed by atoms with Gasteiger partial charge in [0.1, 0.15) is 29.1 Å². The molecule has 6 nitrogen and oxygen atoms in total. The molecule has 27 heavy (non-hydrogen) atoms. The first-order valence-electron chi connectivity index (χ1n) is 8.42. The second-order valence-corrected chi connectivity index (χ2v) is 5.89. The topological polar surface area (TPSA) is 116 Å². The lowest BCUT2D eigenvalue weighted by molar-refractivity contribution is 0.275. The number of nitriles is 2. The van der Waals surface area contributed by atoms with Gasteiger partial charge in [-0.15, -0.1) is 0 Å². The minimum absolute atomic E-state index is 0.144. The number of anilines is 1. The number of aromatic amines is 1. The smallest absolute Gasteiger partial charge is 0.268 e. The van der Waals surface area contributed by atoms with E-state index in [1.165, 1.54) is 0 Å². The Hall–Kier alpha value is -3.39. The van der Waals surface area contributed by atoms with Gasteiger partial charge in [-0.3, -0.25) is 4.79 Å². The largest absolute Gasteiger partial charge is 0.488 e. The van der Waals surface area contributed by atoms with Crippen LogP contribution < -0.4 is 16.0 Å². The van der Waals surface area contributed by atoms with Gasteiger partial charge in [0.25, 0.3) is 5.56 Å². The number of ether oxygens (including phenoxy) is 1. The van der Waals surface area contributed by atoms with Gasteiger partial charge < -0.3 is 15.5 Å². The van der Waals surface area contributed by atoms with Crippen LogP contribution in [-0.4, -0.2) is 11.6 Å². The number of H-pyrrole nitrogens is 1. The minimum Gasteiger partial charge on any atom is -0.488 e. The molecule has 0 fully saturated rings. The van der Waals surface area contributed by atoms with E-state index in [9.17, 15) is 24.1 Å². The van der Waals surface area contributed by atoms with Crippen molar-refractivity contribution >= 4 is 5.82 Å². The van der Waals surface area contributed by atoms with Crippen molar-refractivity contribution in [1.29, 1.82) is 10.5 Å². The summed E-state index contributed by atoms with van der Waals surface area (Å²) in [5, 5.41) is 18.5. The summed E-state index contributed by atoms with van der Waals surface area (Å²) in [4.78, 5) is 14.1. The Labute approximate surface area is 154 Å². The fourth-order valence-electron chi connectivity index (χ4n) is 2.68. The van der Waals surface area contributed by atoms with Crippen molar-refractivity contribution in [3.8, 4) is 29.0 Å². The molecule has 2 aromatic rings. The third-order valence-electron chi connectivity index (χ3n) is 4.00. The number of nitrogen functional groups attached to an aromatic ring is 1. The second kappa shape index (κ2) is 8.81. The van der Waals surface area contributed by atoms with Gasteiger partial charge in [-0.2, -0.15) is 10.5 Å². The van der Waals surface area contributed by atoms with Crippen LogP contribution in [0.4, 0.5) is 14.6 Å². The highest BCUT2D eigenvalue weighted by Gasteiger charge is 2.21. The Balaban J connectivity index is 2.47. The second-order valence-electron chi connectivity index (χ2n) is 5.89. The zero-order valence-electron chi connectivity index (χ0n) is 14.7. The van der Waals surface area contributed by atoms with Gasteiger partial charge in [0.05, 0.1) is 6.61 Å². The fraction of sp³-hybridized carbons (Fsp3) is 0.316. The monoisotopic (exact) mass is 372 g/mol. The normalized spacial score (nSPS) is 10.3. The molecule has 0 unspecified atom stereocenters. The van der Waals surface area contributed by atoms with E-state index in [1.807, 2.05) is 6.92 Å². The molecular formula is C19H18F2N4O2. The highest BCUT2D eigenvalue weighted by Crippen LogP contribution is 2.33. The van der Waals surface area contributed by atoms with E-state index in [4.69, 9.17) is 10.5 Å². The molecule has 3 N–H and O–H groups in total. The zero-order valence-corrected chi connectivity index (χ0v) is 14.7. The van der Waals surface area contributed by atoms with Crippen molar-refractivity contribution in [3.63, 3.8) is 0 Å². The Kier molecular flexibility index (Phi) is 6.51. The summed E-state index contributed by atoms with van der Waals surface area (Å²) in [6, 6.07) is 5.23. The predicted octanol–water partition coefficient (Wildman–Crippen LogP) is 3.60. The molecule has 0 aliphatic heterocycles. The van der Waals surface area contributed by atoms with Gasteiger partial charge in [0.15, 0.2) is 17.4 Å². The summed E-state index contributed by atoms with van der Waals surface area (Å²) in [6.45, 7) is 2.21. The highest BCUT2D eigenvalue weighted by atomic mass is 19.1. The van der Waals surface area contributed by atoms with E-state index in [2.05, 4.69) is 4.98 Å². The fourth-order valence-corrected chi connectivity index (χ4v) is 2.68. The van der Waals surface area contributed by atoms with Gasteiger partial charge in [-0.1, -0.05) is 26.2 Å². The maximum atomic E-state index is 14.4. The minimum atomic E-state index is -0.993. The molecule has 0 saturated carbocycles. The Morgan fingerprint density at radius 2 is 1.74 bits per heavy atom. The van der Waals surface area contributed by atoms with Crippen molar-refractivity contribution in [2.45, 2.75) is 32.6 Å². The number of hydrogen-bond acceptors (Lipinski definition) is 5. The first kappa shape index (κ1) is 19.9. The lowest BCUT2D eigenvalue weighted by Gasteiger charge is -2.12. The molecule has 0 aliphatic rings. The number of hydrogen-bond donors (Lipinski definition) is 2. The van der Waals surface area contributed by atoms with E-state index < -0.39 is 28.5 Å². The summed E-state index contributed by atoms with van der Waals surface area (Å²) in [5.74, 6) is -2.81. The molecule has 0 atom stereocenters. The number of unbranched alkanes of at least 4 members (excludes halogenated alkanes) is 3. The van der Waals surface area contributed by atoms with Crippen LogP contribution in [0, 0.1) is 34.3 Å². The number of nitrogens with two attached hydrogens (primary N) is 1. The number of benzene rings is 1. The lowest BCUT2D eigenvalue weighted by Crippen LogP contribution is -2.16. The Morgan fingerprint density at radius 3 is 2.30 bits per heavy atom. The molecule has 1 aromatic heterocycles. The van der Waals surface area contributed by atoms with Crippen LogP contribution in [0.15, 0.2) is 16.9 Å². The third-order valence-corrected chi connectivity index (χ3v) is 4.00. The summed E-state index contributed by atoms with van der Waals surface area (Å²) in [5.41, 5.74) is 3.71. The molecule has 0 aliphatic carbocycles. The molecular weight excluding hydrogens is 354 g/mol. The molecule has 0 bridgehead atoms. The predicted molar refractivity (Wildman–Crippen MR) is 95.9 cm³/mol. The molecule has 8 heteroatoms. The van der Waals surface area contributed by atoms with Crippen LogP contribution in [0.2, 0.25) is 0 Å². The SMILES string of the molecule is CCCCCCOc1c(F)cc(-c2c(C#N)c(N)[nH]c(=O)c2C#N)cc1F. The highest BCUT2D eigenvalue weighted by molar-refractivity contribution is 5.80. The maximum absolute atomic E-state index is 14.4. The van der Waals surface area contributed by atoms with Crippen LogP contribution in [-0.2, 0) is 0 Å². The Bertz CT molecular complexity index is 964. The van der Waals surface area contributed by atoms with Crippen molar-refractivity contribution in [2.75, 3.05) is 12.3 Å². The van der Waals surface area contributed by atoms with Crippen LogP contribution in [0.3, 0.4) is 0 Å². The van der Waals surface area contributed by atoms with E-state index in [0.29, 0.717) is 6.42 Å². The van der Waals surface area contributed by atoms with Crippen LogP contribution in [0.1, 0.15) is 43.7 Å². The van der Waals surface area contributed by atoms with E-state index >= 15 is 0 Å². The molecule has 0 radical (unpaired) electrons. The standard InChI is InChI=1S/C19H18F2N4O2/c1-2-3-4-5-6-27-17-14(20)7-11(8-15(17)21)16-12(9-22)18(24)25-19(26)13(16)10-23/h7-8H,2-6H2,1H3,(H3,24,25,26). The maximum Gasteiger partial charge on any atom is 0.268 e. The van der Waals surface area contributed by atoms with E-state index in [0.717, 1.165) is 31.4 Å². The number of aromatic nitrogens is 1. The van der Waals surface area contributed by atoms with Crippen molar-refractivity contribution in [2.24, 2.45) is 0 Å². The summed E-state index contributed by atoms with van der Waals surface area (Å²) >= 11 is 0. The van der Waals surface area contributed by atoms with Gasteiger partial charge >= 0.3 is 0 Å². The number of halogens is 2.